The Labute approximate surface area is 416 Å². The van der Waals surface area contributed by atoms with E-state index in [0.717, 1.165) is 0 Å². The van der Waals surface area contributed by atoms with Gasteiger partial charge in [0.15, 0.2) is 0 Å². The smallest absolute Gasteiger partial charge is 0.000696 e. The van der Waals surface area contributed by atoms with Gasteiger partial charge in [-0.1, -0.05) is 179 Å². The third-order valence-electron chi connectivity index (χ3n) is 17.7. The van der Waals surface area contributed by atoms with Gasteiger partial charge in [0, 0.05) is 0 Å². The van der Waals surface area contributed by atoms with Crippen LogP contribution in [-0.2, 0) is 0 Å². The van der Waals surface area contributed by atoms with Crippen molar-refractivity contribution < 1.29 is 0 Å². The van der Waals surface area contributed by atoms with E-state index in [1.165, 1.54) is 218 Å². The minimum absolute atomic E-state index is 1.30. The summed E-state index contributed by atoms with van der Waals surface area (Å²) in [6, 6.07) is 58.1. The lowest BCUT2D eigenvalue weighted by molar-refractivity contribution is 1.39. The number of rotatable bonds is 2. The Balaban J connectivity index is 1.09. The second-order valence-corrected chi connectivity index (χ2v) is 22.4. The van der Waals surface area contributed by atoms with Crippen molar-refractivity contribution in [1.29, 1.82) is 0 Å². The summed E-state index contributed by atoms with van der Waals surface area (Å²) in [5, 5.41) is 38.5. The first-order chi connectivity index (χ1) is 35.0. The van der Waals surface area contributed by atoms with Crippen molar-refractivity contribution in [3.05, 3.63) is 190 Å². The Hall–Kier alpha value is -8.32. The lowest BCUT2D eigenvalue weighted by Crippen LogP contribution is -1.88. The summed E-state index contributed by atoms with van der Waals surface area (Å²) in [7, 11) is 0. The van der Waals surface area contributed by atoms with Crippen LogP contribution in [0.15, 0.2) is 146 Å². The van der Waals surface area contributed by atoms with Gasteiger partial charge in [0.05, 0.1) is 0 Å². The summed E-state index contributed by atoms with van der Waals surface area (Å²) in [6.07, 6.45) is 0. The van der Waals surface area contributed by atoms with Gasteiger partial charge in [-0.05, 0) is 240 Å². The Morgan fingerprint density at radius 1 is 0.181 bits per heavy atom. The quantitative estimate of drug-likeness (QED) is 0.120. The molecule has 0 nitrogen and oxygen atoms in total. The molecular weight excluding hydrogens is 865 g/mol. The van der Waals surface area contributed by atoms with E-state index in [-0.39, 0.29) is 0 Å². The van der Waals surface area contributed by atoms with Crippen LogP contribution in [0.5, 0.6) is 0 Å². The van der Waals surface area contributed by atoms with E-state index >= 15 is 0 Å². The standard InChI is InChI=1S/C72H48/c1-33-23-34(2)28-41(27-33)59-49-13-9-11-47-57-39(7)25-37(5)31-55(57)71(65(47)49)69-53-21-17-45-44-16-20-52-64-54(22-18-46(62(44)64)43-15-19-51(67(59)69)63(53)61(43)45)70-68(52)60(42-29-35(3)24-36(4)30-42)50-14-10-12-48-58-40(8)26-38(6)32-56(58)72(70)66(48)50/h9-32H,1-8H3. The van der Waals surface area contributed by atoms with E-state index in [4.69, 9.17) is 0 Å². The molecule has 17 aromatic rings. The summed E-state index contributed by atoms with van der Waals surface area (Å²) >= 11 is 0. The second-order valence-electron chi connectivity index (χ2n) is 22.4. The van der Waals surface area contributed by atoms with Crippen LogP contribution in [0.25, 0.3) is 173 Å². The van der Waals surface area contributed by atoms with Crippen molar-refractivity contribution in [1.82, 2.24) is 0 Å². The van der Waals surface area contributed by atoms with Gasteiger partial charge in [0.2, 0.25) is 0 Å². The summed E-state index contributed by atoms with van der Waals surface area (Å²) in [5.74, 6) is 0. The molecule has 0 heteroatoms. The van der Waals surface area contributed by atoms with Crippen molar-refractivity contribution in [3.63, 3.8) is 0 Å². The predicted molar refractivity (Wildman–Crippen MR) is 316 cm³/mol. The van der Waals surface area contributed by atoms with Crippen LogP contribution in [0, 0.1) is 55.4 Å². The van der Waals surface area contributed by atoms with Crippen LogP contribution < -0.4 is 0 Å². The molecular formula is C72H48. The van der Waals surface area contributed by atoms with Crippen LogP contribution in [-0.4, -0.2) is 0 Å². The maximum Gasteiger partial charge on any atom is -0.000696 e. The second kappa shape index (κ2) is 13.0. The molecule has 0 aliphatic carbocycles. The van der Waals surface area contributed by atoms with E-state index in [0.29, 0.717) is 0 Å². The fourth-order valence-corrected chi connectivity index (χ4v) is 15.7. The molecule has 0 atom stereocenters. The number of hydrogen-bond donors (Lipinski definition) is 0. The molecule has 0 saturated carbocycles. The van der Waals surface area contributed by atoms with E-state index in [9.17, 15) is 0 Å². The zero-order chi connectivity index (χ0) is 48.1. The SMILES string of the molecule is Cc1cc(C)cc(-c2c3cccc4c5c(C)cc(C)cc5c(c34)c3c4ccc5c6ccc7c8c(-c9cc(C)cc(C)c9)c9cccc%10c%11c(C)cc(C)cc%11c(c9%10)c8c8ccc(c9ccc(c23)c4c95)c6c78)c1. The number of fused-ring (bicyclic) bond motifs is 16. The molecule has 17 aromatic carbocycles. The summed E-state index contributed by atoms with van der Waals surface area (Å²) in [6.45, 7) is 18.2. The van der Waals surface area contributed by atoms with Crippen LogP contribution in [0.1, 0.15) is 44.5 Å². The Bertz CT molecular complexity index is 4930. The fourth-order valence-electron chi connectivity index (χ4n) is 15.7. The van der Waals surface area contributed by atoms with Gasteiger partial charge in [-0.3, -0.25) is 0 Å². The molecule has 0 spiro atoms. The predicted octanol–water partition coefficient (Wildman–Crippen LogP) is 20.8. The first-order valence-corrected chi connectivity index (χ1v) is 25.9. The minimum Gasteiger partial charge on any atom is -0.0610 e. The topological polar surface area (TPSA) is 0 Å². The molecule has 72 heavy (non-hydrogen) atoms. The molecule has 0 saturated heterocycles. The molecule has 0 radical (unpaired) electrons. The molecule has 0 heterocycles. The molecule has 0 aliphatic rings. The third-order valence-corrected chi connectivity index (χ3v) is 17.7. The zero-order valence-electron chi connectivity index (χ0n) is 41.9. The van der Waals surface area contributed by atoms with Crippen LogP contribution in [0.3, 0.4) is 0 Å². The van der Waals surface area contributed by atoms with Crippen molar-refractivity contribution in [3.8, 4) is 22.3 Å². The van der Waals surface area contributed by atoms with Gasteiger partial charge in [0.25, 0.3) is 0 Å². The normalized spacial score (nSPS) is 13.0. The van der Waals surface area contributed by atoms with Crippen molar-refractivity contribution >= 4 is 151 Å². The van der Waals surface area contributed by atoms with Gasteiger partial charge in [-0.25, -0.2) is 0 Å². The average molecular weight is 913 g/mol. The Morgan fingerprint density at radius 3 is 0.819 bits per heavy atom. The maximum atomic E-state index is 2.51. The summed E-state index contributed by atoms with van der Waals surface area (Å²) in [5.41, 5.74) is 15.8. The van der Waals surface area contributed by atoms with Gasteiger partial charge in [-0.15, -0.1) is 0 Å². The highest BCUT2D eigenvalue weighted by Crippen LogP contribution is 2.59. The van der Waals surface area contributed by atoms with Crippen molar-refractivity contribution in [2.45, 2.75) is 55.4 Å². The Kier molecular flexibility index (Phi) is 7.09. The van der Waals surface area contributed by atoms with Crippen LogP contribution >= 0.6 is 0 Å². The molecule has 336 valence electrons. The largest absolute Gasteiger partial charge is 0.0610 e. The van der Waals surface area contributed by atoms with Crippen LogP contribution in [0.2, 0.25) is 0 Å². The highest BCUT2D eigenvalue weighted by Gasteiger charge is 2.30. The maximum absolute atomic E-state index is 2.51. The monoisotopic (exact) mass is 912 g/mol. The first-order valence-electron chi connectivity index (χ1n) is 25.9. The number of hydrogen-bond acceptors (Lipinski definition) is 0. The highest BCUT2D eigenvalue weighted by atomic mass is 14.3. The summed E-state index contributed by atoms with van der Waals surface area (Å²) in [4.78, 5) is 0. The molecule has 0 aromatic heterocycles. The van der Waals surface area contributed by atoms with Crippen LogP contribution in [0.4, 0.5) is 0 Å². The van der Waals surface area contributed by atoms with Crippen molar-refractivity contribution in [2.24, 2.45) is 0 Å². The molecule has 0 fully saturated rings. The molecule has 0 unspecified atom stereocenters. The fraction of sp³-hybridized carbons (Fsp3) is 0.111. The van der Waals surface area contributed by atoms with E-state index in [1.807, 2.05) is 0 Å². The van der Waals surface area contributed by atoms with E-state index < -0.39 is 0 Å². The van der Waals surface area contributed by atoms with Gasteiger partial charge in [0.1, 0.15) is 0 Å². The number of benzene rings is 13. The highest BCUT2D eigenvalue weighted by molar-refractivity contribution is 6.54. The molecule has 0 amide bonds. The van der Waals surface area contributed by atoms with Gasteiger partial charge in [-0.2, -0.15) is 0 Å². The van der Waals surface area contributed by atoms with E-state index in [2.05, 4.69) is 201 Å². The van der Waals surface area contributed by atoms with Gasteiger partial charge < -0.3 is 0 Å². The third kappa shape index (κ3) is 4.54. The van der Waals surface area contributed by atoms with Crippen molar-refractivity contribution in [2.75, 3.05) is 0 Å². The number of aryl methyl sites for hydroxylation is 8. The van der Waals surface area contributed by atoms with E-state index in [1.54, 1.807) is 0 Å². The lowest BCUT2D eigenvalue weighted by atomic mass is 9.87. The average Bonchev–Trinajstić information content (AvgIpc) is 4.07. The first kappa shape index (κ1) is 39.4. The summed E-state index contributed by atoms with van der Waals surface area (Å²) < 4.78 is 0. The Morgan fingerprint density at radius 2 is 0.444 bits per heavy atom. The van der Waals surface area contributed by atoms with Gasteiger partial charge >= 0.3 is 0 Å². The molecule has 0 N–H and O–H groups in total. The minimum atomic E-state index is 1.30. The zero-order valence-corrected chi connectivity index (χ0v) is 41.9. The molecule has 17 rings (SSSR count). The molecule has 0 bridgehead atoms. The molecule has 0 aliphatic heterocycles. The lowest BCUT2D eigenvalue weighted by Gasteiger charge is -2.15.